The van der Waals surface area contributed by atoms with Gasteiger partial charge in [0.1, 0.15) is 11.3 Å². The minimum atomic E-state index is 0.644. The van der Waals surface area contributed by atoms with Crippen LogP contribution in [0.25, 0.3) is 11.0 Å². The first-order valence-corrected chi connectivity index (χ1v) is 7.62. The van der Waals surface area contributed by atoms with Gasteiger partial charge in [-0.15, -0.1) is 0 Å². The van der Waals surface area contributed by atoms with E-state index in [0.29, 0.717) is 12.5 Å². The van der Waals surface area contributed by atoms with Crippen LogP contribution in [0.15, 0.2) is 18.2 Å². The lowest BCUT2D eigenvalue weighted by atomic mass is 10.0. The molecule has 4 nitrogen and oxygen atoms in total. The lowest BCUT2D eigenvalue weighted by Gasteiger charge is -2.22. The second kappa shape index (κ2) is 5.97. The Morgan fingerprint density at radius 2 is 2.20 bits per heavy atom. The van der Waals surface area contributed by atoms with Crippen molar-refractivity contribution in [3.05, 3.63) is 23.0 Å². The van der Waals surface area contributed by atoms with Crippen molar-refractivity contribution in [1.29, 1.82) is 0 Å². The SMILES string of the molecule is CCOc1cccc2c1[nH]c(=S)n2CC1CCOCC1. The molecule has 0 saturated carbocycles. The van der Waals surface area contributed by atoms with Crippen molar-refractivity contribution in [2.75, 3.05) is 19.8 Å². The second-order valence-electron chi connectivity index (χ2n) is 5.18. The molecule has 2 heterocycles. The van der Waals surface area contributed by atoms with Crippen LogP contribution >= 0.6 is 12.2 Å². The number of aromatic nitrogens is 2. The second-order valence-corrected chi connectivity index (χ2v) is 5.57. The molecule has 0 bridgehead atoms. The van der Waals surface area contributed by atoms with Crippen LogP contribution in [0.4, 0.5) is 0 Å². The first-order chi connectivity index (χ1) is 9.79. The lowest BCUT2D eigenvalue weighted by Crippen LogP contribution is -2.20. The highest BCUT2D eigenvalue weighted by atomic mass is 32.1. The fraction of sp³-hybridized carbons (Fsp3) is 0.533. The minimum absolute atomic E-state index is 0.644. The Labute approximate surface area is 123 Å². The zero-order valence-electron chi connectivity index (χ0n) is 11.7. The molecule has 0 atom stereocenters. The van der Waals surface area contributed by atoms with E-state index < -0.39 is 0 Å². The van der Waals surface area contributed by atoms with Gasteiger partial charge in [-0.3, -0.25) is 0 Å². The molecule has 0 unspecified atom stereocenters. The first-order valence-electron chi connectivity index (χ1n) is 7.21. The van der Waals surface area contributed by atoms with Crippen LogP contribution in [0.1, 0.15) is 19.8 Å². The number of para-hydroxylation sites is 1. The molecule has 5 heteroatoms. The Balaban J connectivity index is 1.96. The van der Waals surface area contributed by atoms with E-state index in [1.54, 1.807) is 0 Å². The van der Waals surface area contributed by atoms with E-state index in [-0.39, 0.29) is 0 Å². The van der Waals surface area contributed by atoms with Crippen LogP contribution in [0.5, 0.6) is 5.75 Å². The smallest absolute Gasteiger partial charge is 0.178 e. The van der Waals surface area contributed by atoms with Crippen LogP contribution in [0, 0.1) is 10.7 Å². The molecule has 0 spiro atoms. The number of nitrogens with one attached hydrogen (secondary N) is 1. The molecule has 1 saturated heterocycles. The Morgan fingerprint density at radius 3 is 2.95 bits per heavy atom. The maximum Gasteiger partial charge on any atom is 0.178 e. The number of hydrogen-bond acceptors (Lipinski definition) is 3. The molecule has 2 aromatic rings. The van der Waals surface area contributed by atoms with Gasteiger partial charge in [0.15, 0.2) is 4.77 Å². The number of imidazole rings is 1. The van der Waals surface area contributed by atoms with Gasteiger partial charge in [0, 0.05) is 19.8 Å². The van der Waals surface area contributed by atoms with Gasteiger partial charge in [0.05, 0.1) is 12.1 Å². The Bertz CT molecular complexity index is 641. The average molecular weight is 292 g/mol. The van der Waals surface area contributed by atoms with E-state index in [1.807, 2.05) is 19.1 Å². The van der Waals surface area contributed by atoms with Gasteiger partial charge >= 0.3 is 0 Å². The summed E-state index contributed by atoms with van der Waals surface area (Å²) < 4.78 is 14.1. The van der Waals surface area contributed by atoms with Crippen LogP contribution < -0.4 is 4.74 Å². The monoisotopic (exact) mass is 292 g/mol. The summed E-state index contributed by atoms with van der Waals surface area (Å²) in [6.45, 7) is 5.34. The average Bonchev–Trinajstić information content (AvgIpc) is 2.78. The van der Waals surface area contributed by atoms with Crippen molar-refractivity contribution in [1.82, 2.24) is 9.55 Å². The molecule has 1 aromatic carbocycles. The molecule has 0 amide bonds. The standard InChI is InChI=1S/C15H20N2O2S/c1-2-19-13-5-3-4-12-14(13)16-15(20)17(12)10-11-6-8-18-9-7-11/h3-5,11H,2,6-10H2,1H3,(H,16,20). The fourth-order valence-electron chi connectivity index (χ4n) is 2.80. The highest BCUT2D eigenvalue weighted by Gasteiger charge is 2.17. The van der Waals surface area contributed by atoms with Crippen LogP contribution in [-0.2, 0) is 11.3 Å². The predicted octanol–water partition coefficient (Wildman–Crippen LogP) is 3.52. The Morgan fingerprint density at radius 1 is 1.40 bits per heavy atom. The van der Waals surface area contributed by atoms with Crippen molar-refractivity contribution < 1.29 is 9.47 Å². The molecule has 1 aliphatic heterocycles. The summed E-state index contributed by atoms with van der Waals surface area (Å²) >= 11 is 5.49. The van der Waals surface area contributed by atoms with E-state index in [2.05, 4.69) is 15.6 Å². The molecule has 108 valence electrons. The highest BCUT2D eigenvalue weighted by molar-refractivity contribution is 7.71. The van der Waals surface area contributed by atoms with Gasteiger partial charge in [-0.2, -0.15) is 0 Å². The number of nitrogens with zero attached hydrogens (tertiary/aromatic N) is 1. The van der Waals surface area contributed by atoms with Gasteiger partial charge < -0.3 is 19.0 Å². The van der Waals surface area contributed by atoms with E-state index in [1.165, 1.54) is 0 Å². The number of H-pyrrole nitrogens is 1. The molecule has 1 aromatic heterocycles. The molecular formula is C15H20N2O2S. The molecule has 1 N–H and O–H groups in total. The van der Waals surface area contributed by atoms with E-state index in [4.69, 9.17) is 21.7 Å². The van der Waals surface area contributed by atoms with Gasteiger partial charge in [0.2, 0.25) is 0 Å². The van der Waals surface area contributed by atoms with Gasteiger partial charge in [-0.1, -0.05) is 6.07 Å². The van der Waals surface area contributed by atoms with Gasteiger partial charge in [0.25, 0.3) is 0 Å². The lowest BCUT2D eigenvalue weighted by molar-refractivity contribution is 0.0615. The maximum atomic E-state index is 5.67. The summed E-state index contributed by atoms with van der Waals surface area (Å²) in [5, 5.41) is 0. The zero-order valence-corrected chi connectivity index (χ0v) is 12.5. The van der Waals surface area contributed by atoms with Gasteiger partial charge in [-0.05, 0) is 50.0 Å². The normalized spacial score (nSPS) is 16.6. The summed E-state index contributed by atoms with van der Waals surface area (Å²) in [6, 6.07) is 6.11. The van der Waals surface area contributed by atoms with Crippen LogP contribution in [-0.4, -0.2) is 29.4 Å². The molecule has 0 aliphatic carbocycles. The van der Waals surface area contributed by atoms with E-state index in [0.717, 1.165) is 54.2 Å². The Kier molecular flexibility index (Phi) is 4.08. The number of rotatable bonds is 4. The third kappa shape index (κ3) is 2.60. The van der Waals surface area contributed by atoms with Crippen molar-refractivity contribution in [3.63, 3.8) is 0 Å². The Hall–Kier alpha value is -1.33. The maximum absolute atomic E-state index is 5.67. The topological polar surface area (TPSA) is 39.2 Å². The fourth-order valence-corrected chi connectivity index (χ4v) is 3.07. The number of ether oxygens (including phenoxy) is 2. The molecule has 3 rings (SSSR count). The summed E-state index contributed by atoms with van der Waals surface area (Å²) in [6.07, 6.45) is 2.22. The van der Waals surface area contributed by atoms with Crippen molar-refractivity contribution >= 4 is 23.3 Å². The van der Waals surface area contributed by atoms with Crippen molar-refractivity contribution in [3.8, 4) is 5.75 Å². The molecule has 0 radical (unpaired) electrons. The van der Waals surface area contributed by atoms with E-state index >= 15 is 0 Å². The summed E-state index contributed by atoms with van der Waals surface area (Å²) in [4.78, 5) is 3.29. The molecule has 1 fully saturated rings. The summed E-state index contributed by atoms with van der Waals surface area (Å²) in [7, 11) is 0. The first kappa shape index (κ1) is 13.6. The minimum Gasteiger partial charge on any atom is -0.492 e. The van der Waals surface area contributed by atoms with Crippen LogP contribution in [0.2, 0.25) is 0 Å². The van der Waals surface area contributed by atoms with Crippen LogP contribution in [0.3, 0.4) is 0 Å². The molecular weight excluding hydrogens is 272 g/mol. The summed E-state index contributed by atoms with van der Waals surface area (Å²) in [5.41, 5.74) is 2.14. The quantitative estimate of drug-likeness (QED) is 0.876. The number of benzene rings is 1. The number of fused-ring (bicyclic) bond motifs is 1. The molecule has 1 aliphatic rings. The third-order valence-electron chi connectivity index (χ3n) is 3.85. The zero-order chi connectivity index (χ0) is 13.9. The highest BCUT2D eigenvalue weighted by Crippen LogP contribution is 2.27. The van der Waals surface area contributed by atoms with Crippen molar-refractivity contribution in [2.45, 2.75) is 26.3 Å². The van der Waals surface area contributed by atoms with E-state index in [9.17, 15) is 0 Å². The van der Waals surface area contributed by atoms with Crippen molar-refractivity contribution in [2.24, 2.45) is 5.92 Å². The van der Waals surface area contributed by atoms with Gasteiger partial charge in [-0.25, -0.2) is 0 Å². The summed E-state index contributed by atoms with van der Waals surface area (Å²) in [5.74, 6) is 1.52. The molecule has 20 heavy (non-hydrogen) atoms. The number of aromatic amines is 1. The predicted molar refractivity (Wildman–Crippen MR) is 81.8 cm³/mol. The largest absolute Gasteiger partial charge is 0.492 e. The third-order valence-corrected chi connectivity index (χ3v) is 4.18. The number of hydrogen-bond donors (Lipinski definition) is 1.